The summed E-state index contributed by atoms with van der Waals surface area (Å²) in [6.07, 6.45) is 5.91. The molecule has 11 rings (SSSR count). The molecule has 3 aromatic heterocycles. The summed E-state index contributed by atoms with van der Waals surface area (Å²) in [6, 6.07) is 74.5. The van der Waals surface area contributed by atoms with Gasteiger partial charge in [-0.1, -0.05) is 152 Å². The van der Waals surface area contributed by atoms with Gasteiger partial charge in [-0.15, -0.1) is 0 Å². The summed E-state index contributed by atoms with van der Waals surface area (Å²) in [4.78, 5) is 6.60. The molecule has 0 bridgehead atoms. The van der Waals surface area contributed by atoms with Crippen LogP contribution in [0.3, 0.4) is 0 Å². The van der Waals surface area contributed by atoms with Crippen molar-refractivity contribution < 1.29 is 0 Å². The number of hydrogen-bond acceptors (Lipinski definition) is 2. The average Bonchev–Trinajstić information content (AvgIpc) is 3.66. The number of anilines is 3. The monoisotopic (exact) mass is 739 g/mol. The molecule has 58 heavy (non-hydrogen) atoms. The Morgan fingerprint density at radius 1 is 0.345 bits per heavy atom. The van der Waals surface area contributed by atoms with Gasteiger partial charge in [-0.05, 0) is 110 Å². The van der Waals surface area contributed by atoms with E-state index >= 15 is 0 Å². The number of benzene rings is 8. The molecule has 0 aliphatic heterocycles. The van der Waals surface area contributed by atoms with Crippen molar-refractivity contribution in [1.29, 1.82) is 0 Å². The molecule has 0 aliphatic carbocycles. The highest BCUT2D eigenvalue weighted by Gasteiger charge is 2.20. The second kappa shape index (κ2) is 14.1. The molecule has 0 amide bonds. The minimum Gasteiger partial charge on any atom is -0.315 e. The van der Waals surface area contributed by atoms with Gasteiger partial charge in [-0.3, -0.25) is 4.98 Å². The van der Waals surface area contributed by atoms with Gasteiger partial charge >= 0.3 is 0 Å². The lowest BCUT2D eigenvalue weighted by molar-refractivity contribution is 1.24. The first-order valence-electron chi connectivity index (χ1n) is 19.8. The van der Waals surface area contributed by atoms with Crippen LogP contribution in [0.2, 0.25) is 0 Å². The number of hydrogen-bond donors (Lipinski definition) is 0. The van der Waals surface area contributed by atoms with Gasteiger partial charge in [-0.2, -0.15) is 0 Å². The lowest BCUT2D eigenvalue weighted by atomic mass is 9.91. The Morgan fingerprint density at radius 3 is 1.64 bits per heavy atom. The highest BCUT2D eigenvalue weighted by atomic mass is 15.1. The van der Waals surface area contributed by atoms with Crippen molar-refractivity contribution in [3.05, 3.63) is 225 Å². The maximum atomic E-state index is 4.31. The van der Waals surface area contributed by atoms with E-state index in [4.69, 9.17) is 0 Å². The summed E-state index contributed by atoms with van der Waals surface area (Å²) >= 11 is 0. The quantitative estimate of drug-likeness (QED) is 0.152. The molecule has 0 saturated carbocycles. The molecule has 3 heteroatoms. The summed E-state index contributed by atoms with van der Waals surface area (Å²) in [5.74, 6) is 0. The molecule has 0 aliphatic rings. The first kappa shape index (κ1) is 33.6. The Labute approximate surface area is 337 Å². The molecule has 0 spiro atoms. The van der Waals surface area contributed by atoms with Crippen LogP contribution in [-0.4, -0.2) is 9.38 Å². The van der Waals surface area contributed by atoms with Crippen molar-refractivity contribution in [2.75, 3.05) is 4.90 Å². The third kappa shape index (κ3) is 5.72. The van der Waals surface area contributed by atoms with Crippen molar-refractivity contribution in [2.24, 2.45) is 0 Å². The predicted octanol–water partition coefficient (Wildman–Crippen LogP) is 14.9. The van der Waals surface area contributed by atoms with E-state index in [1.54, 1.807) is 0 Å². The first-order chi connectivity index (χ1) is 28.8. The molecular weight excluding hydrogens is 703 g/mol. The highest BCUT2D eigenvalue weighted by Crippen LogP contribution is 2.45. The van der Waals surface area contributed by atoms with E-state index < -0.39 is 0 Å². The maximum Gasteiger partial charge on any atom is 0.0620 e. The molecule has 8 aromatic carbocycles. The topological polar surface area (TPSA) is 20.5 Å². The number of rotatable bonds is 7. The first-order valence-corrected chi connectivity index (χ1v) is 19.8. The summed E-state index contributed by atoms with van der Waals surface area (Å²) in [5.41, 5.74) is 15.3. The van der Waals surface area contributed by atoms with Gasteiger partial charge in [0.2, 0.25) is 0 Å². The third-order valence-corrected chi connectivity index (χ3v) is 11.5. The van der Waals surface area contributed by atoms with E-state index in [2.05, 4.69) is 227 Å². The van der Waals surface area contributed by atoms with E-state index in [0.717, 1.165) is 22.6 Å². The number of nitrogens with zero attached hydrogens (tertiary/aromatic N) is 3. The van der Waals surface area contributed by atoms with Gasteiger partial charge in [-0.25, -0.2) is 0 Å². The van der Waals surface area contributed by atoms with E-state index in [9.17, 15) is 0 Å². The molecule has 0 fully saturated rings. The molecule has 0 N–H and O–H groups in total. The molecule has 272 valence electrons. The molecule has 0 radical (unpaired) electrons. The normalized spacial score (nSPS) is 11.4. The number of pyridine rings is 2. The van der Waals surface area contributed by atoms with Gasteiger partial charge in [0.25, 0.3) is 0 Å². The zero-order valence-electron chi connectivity index (χ0n) is 31.7. The van der Waals surface area contributed by atoms with E-state index in [1.807, 2.05) is 12.4 Å². The summed E-state index contributed by atoms with van der Waals surface area (Å²) in [5, 5.41) is 6.34. The van der Waals surface area contributed by atoms with Crippen LogP contribution in [-0.2, 0) is 0 Å². The Kier molecular flexibility index (Phi) is 8.15. The van der Waals surface area contributed by atoms with Crippen LogP contribution in [0.25, 0.3) is 82.5 Å². The minimum absolute atomic E-state index is 1.06. The second-order valence-electron chi connectivity index (χ2n) is 14.8. The predicted molar refractivity (Wildman–Crippen MR) is 244 cm³/mol. The van der Waals surface area contributed by atoms with Crippen LogP contribution in [0.4, 0.5) is 17.1 Å². The SMILES string of the molecule is c1ccc(-c2ccc(N(c3ccncc3)c3cccc(-c4ccc(-c5ccc6c(c5)c5ccccc5c5c6c(-c6ccccc6)c6ccccn65)cc4)c3)cc2)cc1. The smallest absolute Gasteiger partial charge is 0.0620 e. The standard InChI is InChI=1S/C55H37N3/c1-3-12-38(13-4-1)39-25-28-45(29-26-39)58(46-31-33-56-34-32-46)47-17-11-16-43(36-47)40-21-23-41(24-22-40)44-27-30-49-51(37-44)48-18-7-8-19-50(48)55-54(49)53(42-14-5-2-6-15-42)52-20-9-10-35-57(52)55/h1-37H. The van der Waals surface area contributed by atoms with Crippen molar-refractivity contribution in [3.63, 3.8) is 0 Å². The zero-order chi connectivity index (χ0) is 38.4. The fourth-order valence-electron chi connectivity index (χ4n) is 8.78. The average molecular weight is 740 g/mol. The Bertz CT molecular complexity index is 3240. The molecular formula is C55H37N3. The third-order valence-electron chi connectivity index (χ3n) is 11.5. The van der Waals surface area contributed by atoms with Gasteiger partial charge in [0.05, 0.1) is 11.0 Å². The van der Waals surface area contributed by atoms with Crippen LogP contribution in [0, 0.1) is 0 Å². The Hall–Kier alpha value is -7.75. The van der Waals surface area contributed by atoms with E-state index in [1.165, 1.54) is 76.9 Å². The van der Waals surface area contributed by atoms with Crippen LogP contribution in [0.5, 0.6) is 0 Å². The van der Waals surface area contributed by atoms with Crippen LogP contribution in [0.15, 0.2) is 225 Å². The molecule has 0 unspecified atom stereocenters. The van der Waals surface area contributed by atoms with Crippen molar-refractivity contribution in [1.82, 2.24) is 9.38 Å². The molecule has 0 atom stereocenters. The number of fused-ring (bicyclic) bond motifs is 8. The second-order valence-corrected chi connectivity index (χ2v) is 14.8. The van der Waals surface area contributed by atoms with Crippen LogP contribution >= 0.6 is 0 Å². The van der Waals surface area contributed by atoms with Gasteiger partial charge < -0.3 is 9.30 Å². The number of aromatic nitrogens is 2. The highest BCUT2D eigenvalue weighted by molar-refractivity contribution is 6.30. The molecule has 11 aromatic rings. The molecule has 3 heterocycles. The van der Waals surface area contributed by atoms with Gasteiger partial charge in [0, 0.05) is 52.0 Å². The zero-order valence-corrected chi connectivity index (χ0v) is 31.7. The van der Waals surface area contributed by atoms with Gasteiger partial charge in [0.15, 0.2) is 0 Å². The molecule has 3 nitrogen and oxygen atoms in total. The van der Waals surface area contributed by atoms with Gasteiger partial charge in [0.1, 0.15) is 0 Å². The fraction of sp³-hybridized carbons (Fsp3) is 0. The van der Waals surface area contributed by atoms with E-state index in [0.29, 0.717) is 0 Å². The summed E-state index contributed by atoms with van der Waals surface area (Å²) in [6.45, 7) is 0. The van der Waals surface area contributed by atoms with E-state index in [-0.39, 0.29) is 0 Å². The maximum absolute atomic E-state index is 4.31. The summed E-state index contributed by atoms with van der Waals surface area (Å²) < 4.78 is 2.37. The lowest BCUT2D eigenvalue weighted by Gasteiger charge is -2.26. The largest absolute Gasteiger partial charge is 0.315 e. The lowest BCUT2D eigenvalue weighted by Crippen LogP contribution is -2.10. The summed E-state index contributed by atoms with van der Waals surface area (Å²) in [7, 11) is 0. The minimum atomic E-state index is 1.06. The van der Waals surface area contributed by atoms with Crippen LogP contribution < -0.4 is 4.90 Å². The fourth-order valence-corrected chi connectivity index (χ4v) is 8.78. The van der Waals surface area contributed by atoms with Crippen LogP contribution in [0.1, 0.15) is 0 Å². The van der Waals surface area contributed by atoms with Crippen molar-refractivity contribution in [2.45, 2.75) is 0 Å². The molecule has 0 saturated heterocycles. The Morgan fingerprint density at radius 2 is 0.897 bits per heavy atom. The van der Waals surface area contributed by atoms with Crippen molar-refractivity contribution in [3.8, 4) is 44.5 Å². The Balaban J connectivity index is 0.985. The van der Waals surface area contributed by atoms with Crippen molar-refractivity contribution >= 4 is 55.0 Å².